The van der Waals surface area contributed by atoms with Crippen LogP contribution < -0.4 is 10.1 Å². The first-order chi connectivity index (χ1) is 7.79. The predicted molar refractivity (Wildman–Crippen MR) is 70.1 cm³/mol. The van der Waals surface area contributed by atoms with Crippen molar-refractivity contribution in [2.24, 2.45) is 0 Å². The van der Waals surface area contributed by atoms with Crippen molar-refractivity contribution in [3.05, 3.63) is 39.3 Å². The number of halogens is 1. The van der Waals surface area contributed by atoms with E-state index in [-0.39, 0.29) is 0 Å². The molecule has 0 spiro atoms. The highest BCUT2D eigenvalue weighted by Gasteiger charge is 2.02. The minimum absolute atomic E-state index is 0.726. The van der Waals surface area contributed by atoms with Crippen molar-refractivity contribution in [3.63, 3.8) is 0 Å². The largest absolute Gasteiger partial charge is 0.497 e. The molecule has 1 heterocycles. The zero-order valence-electron chi connectivity index (χ0n) is 8.74. The molecule has 0 saturated carbocycles. The maximum atomic E-state index is 5.17. The van der Waals surface area contributed by atoms with Crippen LogP contribution in [0.1, 0.15) is 5.01 Å². The first-order valence-electron chi connectivity index (χ1n) is 4.75. The zero-order chi connectivity index (χ0) is 11.4. The summed E-state index contributed by atoms with van der Waals surface area (Å²) in [5, 5.41) is 6.35. The van der Waals surface area contributed by atoms with E-state index in [0.717, 1.165) is 27.5 Å². The summed E-state index contributed by atoms with van der Waals surface area (Å²) in [6.07, 6.45) is 1.81. The van der Waals surface area contributed by atoms with Crippen LogP contribution in [-0.4, -0.2) is 12.1 Å². The molecule has 0 radical (unpaired) electrons. The third-order valence-corrected chi connectivity index (χ3v) is 3.56. The fraction of sp³-hybridized carbons (Fsp3) is 0.182. The van der Waals surface area contributed by atoms with Gasteiger partial charge < -0.3 is 10.1 Å². The van der Waals surface area contributed by atoms with Gasteiger partial charge in [-0.25, -0.2) is 4.98 Å². The van der Waals surface area contributed by atoms with E-state index >= 15 is 0 Å². The summed E-state index contributed by atoms with van der Waals surface area (Å²) in [4.78, 5) is 4.21. The van der Waals surface area contributed by atoms with E-state index in [1.165, 1.54) is 0 Å². The van der Waals surface area contributed by atoms with Gasteiger partial charge in [0.2, 0.25) is 0 Å². The van der Waals surface area contributed by atoms with Gasteiger partial charge >= 0.3 is 0 Å². The van der Waals surface area contributed by atoms with Crippen molar-refractivity contribution in [3.8, 4) is 5.75 Å². The highest BCUT2D eigenvalue weighted by molar-refractivity contribution is 9.10. The molecule has 0 bridgehead atoms. The van der Waals surface area contributed by atoms with Crippen LogP contribution in [0, 0.1) is 0 Å². The van der Waals surface area contributed by atoms with Crippen LogP contribution >= 0.6 is 27.3 Å². The number of ether oxygens (including phenoxy) is 1. The van der Waals surface area contributed by atoms with Crippen LogP contribution in [0.3, 0.4) is 0 Å². The Morgan fingerprint density at radius 2 is 2.38 bits per heavy atom. The Balaban J connectivity index is 2.08. The number of anilines is 1. The summed E-state index contributed by atoms with van der Waals surface area (Å²) in [5.41, 5.74) is 1.01. The smallest absolute Gasteiger partial charge is 0.121 e. The van der Waals surface area contributed by atoms with Gasteiger partial charge in [-0.1, -0.05) is 0 Å². The Kier molecular flexibility index (Phi) is 3.79. The monoisotopic (exact) mass is 298 g/mol. The van der Waals surface area contributed by atoms with Gasteiger partial charge in [-0.05, 0) is 28.1 Å². The van der Waals surface area contributed by atoms with Gasteiger partial charge in [0.1, 0.15) is 10.8 Å². The van der Waals surface area contributed by atoms with Gasteiger partial charge in [-0.2, -0.15) is 0 Å². The minimum atomic E-state index is 0.726. The molecule has 0 aliphatic rings. The van der Waals surface area contributed by atoms with E-state index in [1.54, 1.807) is 18.4 Å². The van der Waals surface area contributed by atoms with Gasteiger partial charge in [0, 0.05) is 22.1 Å². The first kappa shape index (κ1) is 11.4. The topological polar surface area (TPSA) is 34.1 Å². The molecule has 0 unspecified atom stereocenters. The third-order valence-electron chi connectivity index (χ3n) is 2.09. The number of methoxy groups -OCH3 is 1. The highest BCUT2D eigenvalue weighted by atomic mass is 79.9. The molecule has 0 saturated heterocycles. The quantitative estimate of drug-likeness (QED) is 0.938. The van der Waals surface area contributed by atoms with Gasteiger partial charge in [-0.3, -0.25) is 0 Å². The average molecular weight is 299 g/mol. The Hall–Kier alpha value is -1.07. The summed E-state index contributed by atoms with van der Waals surface area (Å²) >= 11 is 5.13. The van der Waals surface area contributed by atoms with Crippen molar-refractivity contribution >= 4 is 33.0 Å². The SMILES string of the molecule is COc1ccc(Br)c(NCc2nccs2)c1. The molecule has 0 fully saturated rings. The number of nitrogens with zero attached hydrogens (tertiary/aromatic N) is 1. The van der Waals surface area contributed by atoms with Gasteiger partial charge in [-0.15, -0.1) is 11.3 Å². The van der Waals surface area contributed by atoms with Crippen molar-refractivity contribution in [2.75, 3.05) is 12.4 Å². The van der Waals surface area contributed by atoms with Gasteiger partial charge in [0.25, 0.3) is 0 Å². The maximum Gasteiger partial charge on any atom is 0.121 e. The lowest BCUT2D eigenvalue weighted by molar-refractivity contribution is 0.415. The lowest BCUT2D eigenvalue weighted by atomic mass is 10.3. The van der Waals surface area contributed by atoms with E-state index < -0.39 is 0 Å². The van der Waals surface area contributed by atoms with Crippen LogP contribution in [0.5, 0.6) is 5.75 Å². The van der Waals surface area contributed by atoms with Crippen LogP contribution in [0.25, 0.3) is 0 Å². The molecule has 2 aromatic rings. The fourth-order valence-electron chi connectivity index (χ4n) is 1.28. The molecular weight excluding hydrogens is 288 g/mol. The minimum Gasteiger partial charge on any atom is -0.497 e. The molecular formula is C11H11BrN2OS. The third kappa shape index (κ3) is 2.74. The second-order valence-corrected chi connectivity index (χ2v) is 4.96. The molecule has 2 rings (SSSR count). The highest BCUT2D eigenvalue weighted by Crippen LogP contribution is 2.27. The van der Waals surface area contributed by atoms with E-state index in [0.29, 0.717) is 0 Å². The summed E-state index contributed by atoms with van der Waals surface area (Å²) < 4.78 is 6.19. The van der Waals surface area contributed by atoms with E-state index in [1.807, 2.05) is 29.8 Å². The van der Waals surface area contributed by atoms with Crippen molar-refractivity contribution < 1.29 is 4.74 Å². The molecule has 1 aromatic heterocycles. The van der Waals surface area contributed by atoms with E-state index in [4.69, 9.17) is 4.74 Å². The number of hydrogen-bond acceptors (Lipinski definition) is 4. The number of benzene rings is 1. The van der Waals surface area contributed by atoms with Crippen molar-refractivity contribution in [1.29, 1.82) is 0 Å². The standard InChI is InChI=1S/C11H11BrN2OS/c1-15-8-2-3-9(12)10(6-8)14-7-11-13-4-5-16-11/h2-6,14H,7H2,1H3. The predicted octanol–water partition coefficient (Wildman–Crippen LogP) is 3.53. The Labute approximate surface area is 107 Å². The zero-order valence-corrected chi connectivity index (χ0v) is 11.1. The second-order valence-electron chi connectivity index (χ2n) is 3.13. The molecule has 0 atom stereocenters. The normalized spacial score (nSPS) is 10.1. The van der Waals surface area contributed by atoms with Gasteiger partial charge in [0.15, 0.2) is 0 Å². The lowest BCUT2D eigenvalue weighted by Gasteiger charge is -2.08. The van der Waals surface area contributed by atoms with E-state index in [2.05, 4.69) is 26.2 Å². The van der Waals surface area contributed by atoms with E-state index in [9.17, 15) is 0 Å². The molecule has 84 valence electrons. The Morgan fingerprint density at radius 3 is 3.06 bits per heavy atom. The van der Waals surface area contributed by atoms with Crippen molar-refractivity contribution in [1.82, 2.24) is 4.98 Å². The molecule has 1 aromatic carbocycles. The molecule has 5 heteroatoms. The Bertz CT molecular complexity index is 459. The number of thiazole rings is 1. The van der Waals surface area contributed by atoms with Crippen LogP contribution in [0.15, 0.2) is 34.2 Å². The van der Waals surface area contributed by atoms with Crippen LogP contribution in [0.2, 0.25) is 0 Å². The fourth-order valence-corrected chi connectivity index (χ4v) is 2.22. The average Bonchev–Trinajstić information content (AvgIpc) is 2.81. The summed E-state index contributed by atoms with van der Waals surface area (Å²) in [6, 6.07) is 5.83. The molecule has 3 nitrogen and oxygen atoms in total. The molecule has 0 aliphatic carbocycles. The first-order valence-corrected chi connectivity index (χ1v) is 6.42. The maximum absolute atomic E-state index is 5.17. The number of rotatable bonds is 4. The second kappa shape index (κ2) is 5.32. The number of nitrogens with one attached hydrogen (secondary N) is 1. The molecule has 1 N–H and O–H groups in total. The molecule has 16 heavy (non-hydrogen) atoms. The van der Waals surface area contributed by atoms with Crippen LogP contribution in [0.4, 0.5) is 5.69 Å². The number of hydrogen-bond donors (Lipinski definition) is 1. The molecule has 0 aliphatic heterocycles. The molecule has 0 amide bonds. The Morgan fingerprint density at radius 1 is 1.50 bits per heavy atom. The summed E-state index contributed by atoms with van der Waals surface area (Å²) in [7, 11) is 1.66. The summed E-state index contributed by atoms with van der Waals surface area (Å²) in [5.74, 6) is 0.838. The van der Waals surface area contributed by atoms with Crippen molar-refractivity contribution in [2.45, 2.75) is 6.54 Å². The van der Waals surface area contributed by atoms with Gasteiger partial charge in [0.05, 0.1) is 19.3 Å². The van der Waals surface area contributed by atoms with Crippen LogP contribution in [-0.2, 0) is 6.54 Å². The number of aromatic nitrogens is 1. The lowest BCUT2D eigenvalue weighted by Crippen LogP contribution is -1.99. The summed E-state index contributed by atoms with van der Waals surface area (Å²) in [6.45, 7) is 0.726.